The number of benzene rings is 1. The number of carbonyl (C=O) groups is 1. The molecule has 0 saturated carbocycles. The summed E-state index contributed by atoms with van der Waals surface area (Å²) in [6.45, 7) is 7.80. The van der Waals surface area contributed by atoms with Gasteiger partial charge in [0.05, 0.1) is 22.6 Å². The highest BCUT2D eigenvalue weighted by atomic mass is 32.2. The molecule has 0 spiro atoms. The van der Waals surface area contributed by atoms with Gasteiger partial charge in [0, 0.05) is 16.6 Å². The summed E-state index contributed by atoms with van der Waals surface area (Å²) in [5.74, 6) is 0.0235. The number of fused-ring (bicyclic) bond motifs is 1. The number of aromatic nitrogens is 2. The smallest absolute Gasteiger partial charge is 0.252 e. The van der Waals surface area contributed by atoms with E-state index in [-0.39, 0.29) is 23.3 Å². The maximum absolute atomic E-state index is 12.6. The van der Waals surface area contributed by atoms with E-state index in [4.69, 9.17) is 0 Å². The minimum absolute atomic E-state index is 0.00398. The summed E-state index contributed by atoms with van der Waals surface area (Å²) in [6.07, 6.45) is 0. The average Bonchev–Trinajstić information content (AvgIpc) is 2.80. The number of rotatable bonds is 3. The first-order chi connectivity index (χ1) is 10.6. The molecule has 0 radical (unpaired) electrons. The molecule has 1 aromatic carbocycles. The summed E-state index contributed by atoms with van der Waals surface area (Å²) in [6, 6.07) is 3.56. The lowest BCUT2D eigenvalue weighted by Gasteiger charge is -2.38. The molecule has 2 N–H and O–H groups in total. The van der Waals surface area contributed by atoms with Gasteiger partial charge in [-0.3, -0.25) is 9.89 Å². The van der Waals surface area contributed by atoms with Crippen molar-refractivity contribution in [3.05, 3.63) is 29.0 Å². The standard InChI is InChI=1S/C16H21N3O3S/c1-9(2)14-13-10(3)11(5-6-12(13)18-19-14)15(20)17-16(4)7-23(21,22)8-16/h5-6,9H,7-8H2,1-4H3,(H,17,20)(H,18,19). The molecule has 6 nitrogen and oxygen atoms in total. The molecule has 1 aromatic heterocycles. The van der Waals surface area contributed by atoms with E-state index in [0.29, 0.717) is 5.56 Å². The van der Waals surface area contributed by atoms with Crippen molar-refractivity contribution in [2.75, 3.05) is 11.5 Å². The molecular weight excluding hydrogens is 314 g/mol. The lowest BCUT2D eigenvalue weighted by molar-refractivity contribution is 0.0916. The molecule has 0 atom stereocenters. The van der Waals surface area contributed by atoms with Crippen LogP contribution in [0.25, 0.3) is 10.9 Å². The Balaban J connectivity index is 1.95. The molecule has 0 unspecified atom stereocenters. The average molecular weight is 335 g/mol. The third-order valence-corrected chi connectivity index (χ3v) is 6.48. The number of carbonyl (C=O) groups excluding carboxylic acids is 1. The highest BCUT2D eigenvalue weighted by Crippen LogP contribution is 2.29. The summed E-state index contributed by atoms with van der Waals surface area (Å²) in [7, 11) is -3.00. The van der Waals surface area contributed by atoms with Crippen molar-refractivity contribution in [2.24, 2.45) is 0 Å². The van der Waals surface area contributed by atoms with Crippen LogP contribution < -0.4 is 5.32 Å². The minimum atomic E-state index is -3.00. The topological polar surface area (TPSA) is 91.9 Å². The molecule has 0 aliphatic carbocycles. The molecule has 1 aliphatic heterocycles. The zero-order valence-corrected chi connectivity index (χ0v) is 14.5. The number of sulfone groups is 1. The summed E-state index contributed by atoms with van der Waals surface area (Å²) in [5, 5.41) is 11.2. The third kappa shape index (κ3) is 2.73. The van der Waals surface area contributed by atoms with Gasteiger partial charge < -0.3 is 5.32 Å². The van der Waals surface area contributed by atoms with Gasteiger partial charge in [-0.2, -0.15) is 5.10 Å². The summed E-state index contributed by atoms with van der Waals surface area (Å²) in [4.78, 5) is 12.6. The van der Waals surface area contributed by atoms with Crippen molar-refractivity contribution >= 4 is 26.6 Å². The maximum atomic E-state index is 12.6. The summed E-state index contributed by atoms with van der Waals surface area (Å²) >= 11 is 0. The van der Waals surface area contributed by atoms with Gasteiger partial charge in [0.15, 0.2) is 9.84 Å². The van der Waals surface area contributed by atoms with E-state index in [1.807, 2.05) is 13.0 Å². The normalized spacial score (nSPS) is 18.8. The van der Waals surface area contributed by atoms with E-state index in [1.165, 1.54) is 0 Å². The Morgan fingerprint density at radius 2 is 2.00 bits per heavy atom. The molecular formula is C16H21N3O3S. The Bertz CT molecular complexity index is 885. The third-order valence-electron chi connectivity index (χ3n) is 4.32. The number of aromatic amines is 1. The molecule has 1 fully saturated rings. The van der Waals surface area contributed by atoms with Gasteiger partial charge in [-0.25, -0.2) is 8.42 Å². The van der Waals surface area contributed by atoms with E-state index in [0.717, 1.165) is 22.2 Å². The van der Waals surface area contributed by atoms with Crippen LogP contribution in [0.3, 0.4) is 0 Å². The van der Waals surface area contributed by atoms with Crippen LogP contribution >= 0.6 is 0 Å². The van der Waals surface area contributed by atoms with Crippen LogP contribution in [0.15, 0.2) is 12.1 Å². The molecule has 7 heteroatoms. The summed E-state index contributed by atoms with van der Waals surface area (Å²) in [5.41, 5.74) is 2.59. The number of hydrogen-bond donors (Lipinski definition) is 2. The van der Waals surface area contributed by atoms with Crippen LogP contribution in [0.1, 0.15) is 48.3 Å². The SMILES string of the molecule is Cc1c(C(=O)NC2(C)CS(=O)(=O)C2)ccc2n[nH]c(C(C)C)c12. The lowest BCUT2D eigenvalue weighted by Crippen LogP contribution is -2.63. The van der Waals surface area contributed by atoms with E-state index in [1.54, 1.807) is 13.0 Å². The number of nitrogens with one attached hydrogen (secondary N) is 2. The first-order valence-corrected chi connectivity index (χ1v) is 9.44. The quantitative estimate of drug-likeness (QED) is 0.896. The molecule has 1 amide bonds. The van der Waals surface area contributed by atoms with Crippen molar-refractivity contribution in [3.63, 3.8) is 0 Å². The van der Waals surface area contributed by atoms with E-state index >= 15 is 0 Å². The monoisotopic (exact) mass is 335 g/mol. The Morgan fingerprint density at radius 3 is 2.57 bits per heavy atom. The van der Waals surface area contributed by atoms with Gasteiger partial charge in [-0.1, -0.05) is 13.8 Å². The van der Waals surface area contributed by atoms with E-state index < -0.39 is 15.4 Å². The second-order valence-electron chi connectivity index (χ2n) is 6.97. The van der Waals surface area contributed by atoms with Crippen molar-refractivity contribution in [2.45, 2.75) is 39.2 Å². The highest BCUT2D eigenvalue weighted by molar-refractivity contribution is 7.93. The van der Waals surface area contributed by atoms with Gasteiger partial charge in [-0.15, -0.1) is 0 Å². The molecule has 124 valence electrons. The Labute approximate surface area is 135 Å². The number of aryl methyl sites for hydroxylation is 1. The molecule has 23 heavy (non-hydrogen) atoms. The largest absolute Gasteiger partial charge is 0.345 e. The Morgan fingerprint density at radius 1 is 1.35 bits per heavy atom. The molecule has 3 rings (SSSR count). The van der Waals surface area contributed by atoms with E-state index in [2.05, 4.69) is 29.4 Å². The fourth-order valence-corrected chi connectivity index (χ4v) is 5.31. The van der Waals surface area contributed by atoms with Crippen molar-refractivity contribution in [1.82, 2.24) is 15.5 Å². The summed E-state index contributed by atoms with van der Waals surface area (Å²) < 4.78 is 22.8. The van der Waals surface area contributed by atoms with Crippen molar-refractivity contribution in [3.8, 4) is 0 Å². The van der Waals surface area contributed by atoms with Crippen LogP contribution in [-0.2, 0) is 9.84 Å². The Hall–Kier alpha value is -1.89. The first-order valence-electron chi connectivity index (χ1n) is 7.62. The van der Waals surface area contributed by atoms with Crippen LogP contribution in [0.5, 0.6) is 0 Å². The predicted molar refractivity (Wildman–Crippen MR) is 89.4 cm³/mol. The van der Waals surface area contributed by atoms with Gasteiger partial charge in [0.1, 0.15) is 0 Å². The van der Waals surface area contributed by atoms with Gasteiger partial charge in [0.2, 0.25) is 0 Å². The fourth-order valence-electron chi connectivity index (χ4n) is 3.31. The number of amides is 1. The van der Waals surface area contributed by atoms with Crippen LogP contribution in [0.2, 0.25) is 0 Å². The lowest BCUT2D eigenvalue weighted by atomic mass is 9.97. The van der Waals surface area contributed by atoms with Gasteiger partial charge in [-0.05, 0) is 37.5 Å². The fraction of sp³-hybridized carbons (Fsp3) is 0.500. The zero-order valence-electron chi connectivity index (χ0n) is 13.7. The molecule has 1 saturated heterocycles. The molecule has 0 bridgehead atoms. The van der Waals surface area contributed by atoms with Gasteiger partial charge >= 0.3 is 0 Å². The number of nitrogens with zero attached hydrogens (tertiary/aromatic N) is 1. The van der Waals surface area contributed by atoms with Crippen LogP contribution in [0, 0.1) is 6.92 Å². The maximum Gasteiger partial charge on any atom is 0.252 e. The molecule has 1 aliphatic rings. The minimum Gasteiger partial charge on any atom is -0.345 e. The van der Waals surface area contributed by atoms with Gasteiger partial charge in [0.25, 0.3) is 5.91 Å². The van der Waals surface area contributed by atoms with Crippen molar-refractivity contribution in [1.29, 1.82) is 0 Å². The Kier molecular flexibility index (Phi) is 3.51. The van der Waals surface area contributed by atoms with Crippen molar-refractivity contribution < 1.29 is 13.2 Å². The predicted octanol–water partition coefficient (Wildman–Crippen LogP) is 1.91. The first kappa shape index (κ1) is 16.0. The second kappa shape index (κ2) is 5.06. The number of H-pyrrole nitrogens is 1. The molecule has 2 aromatic rings. The van der Waals surface area contributed by atoms with E-state index in [9.17, 15) is 13.2 Å². The zero-order chi connectivity index (χ0) is 17.0. The molecule has 2 heterocycles. The van der Waals surface area contributed by atoms with Crippen LogP contribution in [-0.4, -0.2) is 41.6 Å². The van der Waals surface area contributed by atoms with Crippen LogP contribution in [0.4, 0.5) is 0 Å². The highest BCUT2D eigenvalue weighted by Gasteiger charge is 2.45. The number of hydrogen-bond acceptors (Lipinski definition) is 4. The second-order valence-corrected chi connectivity index (χ2v) is 9.04.